The minimum Gasteiger partial charge on any atom is -0.465 e. The van der Waals surface area contributed by atoms with Crippen molar-refractivity contribution in [2.75, 3.05) is 20.7 Å². The van der Waals surface area contributed by atoms with Gasteiger partial charge in [-0.15, -0.1) is 0 Å². The monoisotopic (exact) mass is 327 g/mol. The molecular formula is C15H21NO5S. The summed E-state index contributed by atoms with van der Waals surface area (Å²) in [5.74, 6) is -1.69. The summed E-state index contributed by atoms with van der Waals surface area (Å²) in [6.45, 7) is 3.23. The average molecular weight is 327 g/mol. The number of nitrogens with zero attached hydrogens (tertiary/aromatic N) is 1. The Labute approximate surface area is 131 Å². The van der Waals surface area contributed by atoms with Crippen molar-refractivity contribution in [3.8, 4) is 0 Å². The van der Waals surface area contributed by atoms with E-state index in [4.69, 9.17) is 4.74 Å². The van der Waals surface area contributed by atoms with E-state index in [2.05, 4.69) is 0 Å². The zero-order valence-electron chi connectivity index (χ0n) is 13.2. The maximum atomic E-state index is 12.0. The number of hydrogen-bond acceptors (Lipinski definition) is 5. The van der Waals surface area contributed by atoms with Gasteiger partial charge in [-0.2, -0.15) is 0 Å². The van der Waals surface area contributed by atoms with Crippen LogP contribution in [-0.4, -0.2) is 45.2 Å². The molecule has 0 aromatic heterocycles. The third kappa shape index (κ3) is 4.38. The average Bonchev–Trinajstić information content (AvgIpc) is 2.44. The van der Waals surface area contributed by atoms with Crippen LogP contribution in [0.2, 0.25) is 0 Å². The highest BCUT2D eigenvalue weighted by molar-refractivity contribution is 7.89. The summed E-state index contributed by atoms with van der Waals surface area (Å²) in [5, 5.41) is 0. The molecule has 0 saturated heterocycles. The first-order valence-corrected chi connectivity index (χ1v) is 8.32. The molecule has 0 amide bonds. The highest BCUT2D eigenvalue weighted by Crippen LogP contribution is 2.17. The van der Waals surface area contributed by atoms with E-state index in [1.54, 1.807) is 19.1 Å². The molecule has 1 atom stereocenters. The summed E-state index contributed by atoms with van der Waals surface area (Å²) >= 11 is 0. The quantitative estimate of drug-likeness (QED) is 0.556. The maximum Gasteiger partial charge on any atom is 0.316 e. The van der Waals surface area contributed by atoms with Crippen LogP contribution < -0.4 is 0 Å². The number of rotatable bonds is 7. The lowest BCUT2D eigenvalue weighted by Crippen LogP contribution is -2.26. The van der Waals surface area contributed by atoms with Crippen LogP contribution >= 0.6 is 0 Å². The molecule has 1 rings (SSSR count). The predicted octanol–water partition coefficient (Wildman–Crippen LogP) is 1.25. The van der Waals surface area contributed by atoms with Gasteiger partial charge in [0.15, 0.2) is 0 Å². The van der Waals surface area contributed by atoms with Gasteiger partial charge in [0.1, 0.15) is 11.7 Å². The second-order valence-electron chi connectivity index (χ2n) is 5.05. The van der Waals surface area contributed by atoms with Crippen molar-refractivity contribution >= 4 is 21.8 Å². The lowest BCUT2D eigenvalue weighted by molar-refractivity contribution is -0.151. The summed E-state index contributed by atoms with van der Waals surface area (Å²) in [6, 6.07) is 6.14. The molecule has 1 unspecified atom stereocenters. The molecule has 0 spiro atoms. The lowest BCUT2D eigenvalue weighted by Gasteiger charge is -2.14. The number of benzene rings is 1. The number of Topliss-reactive ketones (excluding diaryl/α,β-unsaturated/α-hetero) is 1. The Morgan fingerprint density at radius 2 is 1.73 bits per heavy atom. The fourth-order valence-corrected chi connectivity index (χ4v) is 2.78. The number of carbonyl (C=O) groups is 2. The molecule has 0 fully saturated rings. The second-order valence-corrected chi connectivity index (χ2v) is 7.20. The summed E-state index contributed by atoms with van der Waals surface area (Å²) in [5.41, 5.74) is 0.700. The lowest BCUT2D eigenvalue weighted by atomic mass is 9.96. The SMILES string of the molecule is CCOC(=O)C(Cc1ccc(S(=O)(=O)N(C)C)cc1)C(C)=O. The van der Waals surface area contributed by atoms with Gasteiger partial charge in [0.25, 0.3) is 0 Å². The number of hydrogen-bond donors (Lipinski definition) is 0. The summed E-state index contributed by atoms with van der Waals surface area (Å²) in [6.07, 6.45) is 0.191. The van der Waals surface area contributed by atoms with E-state index in [-0.39, 0.29) is 23.7 Å². The van der Waals surface area contributed by atoms with Crippen molar-refractivity contribution in [3.63, 3.8) is 0 Å². The van der Waals surface area contributed by atoms with E-state index in [9.17, 15) is 18.0 Å². The van der Waals surface area contributed by atoms with Crippen molar-refractivity contribution in [3.05, 3.63) is 29.8 Å². The Morgan fingerprint density at radius 1 is 1.18 bits per heavy atom. The Balaban J connectivity index is 2.95. The largest absolute Gasteiger partial charge is 0.465 e. The van der Waals surface area contributed by atoms with Crippen LogP contribution in [0.3, 0.4) is 0 Å². The molecule has 0 bridgehead atoms. The van der Waals surface area contributed by atoms with Crippen LogP contribution in [0.25, 0.3) is 0 Å². The van der Waals surface area contributed by atoms with Crippen LogP contribution in [0.5, 0.6) is 0 Å². The fourth-order valence-electron chi connectivity index (χ4n) is 1.88. The Morgan fingerprint density at radius 3 is 2.14 bits per heavy atom. The second kappa shape index (κ2) is 7.51. The molecule has 0 saturated carbocycles. The molecule has 0 heterocycles. The highest BCUT2D eigenvalue weighted by Gasteiger charge is 2.25. The van der Waals surface area contributed by atoms with Crippen molar-refractivity contribution in [1.29, 1.82) is 0 Å². The van der Waals surface area contributed by atoms with Gasteiger partial charge in [-0.05, 0) is 38.0 Å². The molecule has 122 valence electrons. The highest BCUT2D eigenvalue weighted by atomic mass is 32.2. The van der Waals surface area contributed by atoms with Crippen molar-refractivity contribution in [2.24, 2.45) is 5.92 Å². The molecule has 22 heavy (non-hydrogen) atoms. The van der Waals surface area contributed by atoms with Gasteiger partial charge >= 0.3 is 5.97 Å². The van der Waals surface area contributed by atoms with E-state index < -0.39 is 21.9 Å². The van der Waals surface area contributed by atoms with E-state index in [1.165, 1.54) is 33.2 Å². The fraction of sp³-hybridized carbons (Fsp3) is 0.467. The first-order valence-electron chi connectivity index (χ1n) is 6.88. The molecule has 0 aliphatic carbocycles. The standard InChI is InChI=1S/C15H21NO5S/c1-5-21-15(18)14(11(2)17)10-12-6-8-13(9-7-12)22(19,20)16(3)4/h6-9,14H,5,10H2,1-4H3. The molecule has 0 radical (unpaired) electrons. The van der Waals surface area contributed by atoms with Crippen LogP contribution in [0, 0.1) is 5.92 Å². The minimum atomic E-state index is -3.49. The van der Waals surface area contributed by atoms with Crippen molar-refractivity contribution < 1.29 is 22.7 Å². The molecule has 0 aliphatic rings. The third-order valence-electron chi connectivity index (χ3n) is 3.20. The van der Waals surface area contributed by atoms with Gasteiger partial charge in [-0.1, -0.05) is 12.1 Å². The first-order chi connectivity index (χ1) is 10.2. The summed E-state index contributed by atoms with van der Waals surface area (Å²) < 4.78 is 29.9. The Kier molecular flexibility index (Phi) is 6.25. The molecule has 6 nitrogen and oxygen atoms in total. The number of ketones is 1. The maximum absolute atomic E-state index is 12.0. The number of sulfonamides is 1. The van der Waals surface area contributed by atoms with Gasteiger partial charge in [0.05, 0.1) is 11.5 Å². The van der Waals surface area contributed by atoms with Gasteiger partial charge in [0, 0.05) is 14.1 Å². The zero-order valence-corrected chi connectivity index (χ0v) is 14.0. The van der Waals surface area contributed by atoms with Crippen LogP contribution in [0.1, 0.15) is 19.4 Å². The summed E-state index contributed by atoms with van der Waals surface area (Å²) in [7, 11) is -0.580. The van der Waals surface area contributed by atoms with E-state index in [0.717, 1.165) is 4.31 Å². The van der Waals surface area contributed by atoms with E-state index >= 15 is 0 Å². The third-order valence-corrected chi connectivity index (χ3v) is 5.03. The molecule has 0 N–H and O–H groups in total. The van der Waals surface area contributed by atoms with Gasteiger partial charge in [-0.3, -0.25) is 9.59 Å². The van der Waals surface area contributed by atoms with Gasteiger partial charge < -0.3 is 4.74 Å². The predicted molar refractivity (Wildman–Crippen MR) is 81.8 cm³/mol. The molecular weight excluding hydrogens is 306 g/mol. The normalized spacial score (nSPS) is 13.0. The Hall–Kier alpha value is -1.73. The summed E-state index contributed by atoms with van der Waals surface area (Å²) in [4.78, 5) is 23.5. The minimum absolute atomic E-state index is 0.164. The van der Waals surface area contributed by atoms with Gasteiger partial charge in [0.2, 0.25) is 10.0 Å². The molecule has 7 heteroatoms. The van der Waals surface area contributed by atoms with Crippen molar-refractivity contribution in [2.45, 2.75) is 25.2 Å². The van der Waals surface area contributed by atoms with E-state index in [0.29, 0.717) is 5.56 Å². The van der Waals surface area contributed by atoms with Crippen LogP contribution in [0.15, 0.2) is 29.2 Å². The topological polar surface area (TPSA) is 80.8 Å². The zero-order chi connectivity index (χ0) is 16.9. The Bertz CT molecular complexity index is 634. The molecule has 1 aromatic rings. The first kappa shape index (κ1) is 18.3. The number of ether oxygens (including phenoxy) is 1. The van der Waals surface area contributed by atoms with E-state index in [1.807, 2.05) is 0 Å². The smallest absolute Gasteiger partial charge is 0.316 e. The van der Waals surface area contributed by atoms with Gasteiger partial charge in [-0.25, -0.2) is 12.7 Å². The van der Waals surface area contributed by atoms with Crippen LogP contribution in [-0.2, 0) is 30.8 Å². The van der Waals surface area contributed by atoms with Crippen molar-refractivity contribution in [1.82, 2.24) is 4.31 Å². The molecule has 0 aliphatic heterocycles. The molecule has 1 aromatic carbocycles. The number of esters is 1. The van der Waals surface area contributed by atoms with Crippen LogP contribution in [0.4, 0.5) is 0 Å². The number of carbonyl (C=O) groups excluding carboxylic acids is 2.